The lowest BCUT2D eigenvalue weighted by molar-refractivity contribution is 0.0751. The van der Waals surface area contributed by atoms with Crippen LogP contribution in [-0.2, 0) is 0 Å². The second-order valence-corrected chi connectivity index (χ2v) is 9.88. The van der Waals surface area contributed by atoms with E-state index in [0.29, 0.717) is 18.1 Å². The maximum absolute atomic E-state index is 12.7. The summed E-state index contributed by atoms with van der Waals surface area (Å²) in [4.78, 5) is 30.1. The molecule has 3 aromatic rings. The van der Waals surface area contributed by atoms with E-state index >= 15 is 0 Å². The van der Waals surface area contributed by atoms with Gasteiger partial charge in [-0.05, 0) is 60.1 Å². The average molecular weight is 550 g/mol. The molecule has 1 aliphatic rings. The van der Waals surface area contributed by atoms with Gasteiger partial charge in [-0.25, -0.2) is 0 Å². The number of methoxy groups -OCH3 is 1. The molecule has 1 saturated heterocycles. The number of amides is 2. The summed E-state index contributed by atoms with van der Waals surface area (Å²) >= 11 is 18.9. The lowest BCUT2D eigenvalue weighted by Crippen LogP contribution is -2.48. The summed E-state index contributed by atoms with van der Waals surface area (Å²) in [5.74, 6) is -0.180. The summed E-state index contributed by atoms with van der Waals surface area (Å²) in [6, 6.07) is 14.4. The van der Waals surface area contributed by atoms with Crippen molar-refractivity contribution in [3.63, 3.8) is 0 Å². The fraction of sp³-hybridized carbons (Fsp3) is 0.208. The van der Waals surface area contributed by atoms with Gasteiger partial charge in [0.2, 0.25) is 0 Å². The van der Waals surface area contributed by atoms with Crippen LogP contribution in [0.25, 0.3) is 0 Å². The van der Waals surface area contributed by atoms with E-state index in [1.807, 2.05) is 46.7 Å². The van der Waals surface area contributed by atoms with Crippen LogP contribution in [-0.4, -0.2) is 55.1 Å². The normalized spacial score (nSPS) is 13.3. The first kappa shape index (κ1) is 25.2. The molecule has 2 amide bonds. The molecule has 11 heteroatoms. The van der Waals surface area contributed by atoms with Crippen molar-refractivity contribution in [2.75, 3.05) is 43.5 Å². The predicted octanol–water partition coefficient (Wildman–Crippen LogP) is 5.15. The lowest BCUT2D eigenvalue weighted by atomic mass is 10.2. The molecule has 1 aliphatic heterocycles. The van der Waals surface area contributed by atoms with Crippen LogP contribution >= 0.6 is 46.8 Å². The Morgan fingerprint density at radius 1 is 1.06 bits per heavy atom. The van der Waals surface area contributed by atoms with Crippen molar-refractivity contribution >= 4 is 75.1 Å². The Labute approximate surface area is 222 Å². The number of nitrogens with zero attached hydrogens (tertiary/aromatic N) is 2. The molecule has 7 nitrogen and oxygen atoms in total. The van der Waals surface area contributed by atoms with Crippen molar-refractivity contribution in [3.05, 3.63) is 74.4 Å². The second-order valence-electron chi connectivity index (χ2n) is 7.68. The Balaban J connectivity index is 1.31. The van der Waals surface area contributed by atoms with Crippen LogP contribution < -0.4 is 20.3 Å². The largest absolute Gasteiger partial charge is 0.494 e. The second kappa shape index (κ2) is 11.3. The summed E-state index contributed by atoms with van der Waals surface area (Å²) in [6.45, 7) is 2.85. The standard InChI is InChI=1S/C24H22Cl2N4O3S2/c1-33-21-18(13-15(25)14-19(21)26)22(31)28-24(34)27-16-4-6-17(7-5-16)29-8-10-30(11-9-29)23(32)20-3-2-12-35-20/h2-7,12-14H,8-11H2,1H3,(H2,27,28,31,34). The molecule has 4 rings (SSSR count). The minimum absolute atomic E-state index is 0.0902. The smallest absolute Gasteiger partial charge is 0.264 e. The highest BCUT2D eigenvalue weighted by molar-refractivity contribution is 7.80. The van der Waals surface area contributed by atoms with Gasteiger partial charge >= 0.3 is 0 Å². The van der Waals surface area contributed by atoms with Gasteiger partial charge in [-0.2, -0.15) is 0 Å². The van der Waals surface area contributed by atoms with Gasteiger partial charge in [0.05, 0.1) is 22.6 Å². The molecule has 35 heavy (non-hydrogen) atoms. The highest BCUT2D eigenvalue weighted by Crippen LogP contribution is 2.32. The van der Waals surface area contributed by atoms with E-state index in [4.69, 9.17) is 40.2 Å². The summed E-state index contributed by atoms with van der Waals surface area (Å²) in [5.41, 5.74) is 1.95. The van der Waals surface area contributed by atoms with E-state index in [1.54, 1.807) is 0 Å². The van der Waals surface area contributed by atoms with Gasteiger partial charge in [0.25, 0.3) is 11.8 Å². The van der Waals surface area contributed by atoms with Crippen LogP contribution in [0.1, 0.15) is 20.0 Å². The number of carbonyl (C=O) groups is 2. The van der Waals surface area contributed by atoms with E-state index < -0.39 is 5.91 Å². The van der Waals surface area contributed by atoms with Crippen LogP contribution in [0.3, 0.4) is 0 Å². The SMILES string of the molecule is COc1c(Cl)cc(Cl)cc1C(=O)NC(=S)Nc1ccc(N2CCN(C(=O)c3cccs3)CC2)cc1. The fourth-order valence-corrected chi connectivity index (χ4v) is 5.22. The minimum atomic E-state index is -0.490. The van der Waals surface area contributed by atoms with E-state index in [9.17, 15) is 9.59 Å². The third-order valence-corrected chi connectivity index (χ3v) is 7.03. The third kappa shape index (κ3) is 6.05. The maximum Gasteiger partial charge on any atom is 0.264 e. The van der Waals surface area contributed by atoms with Crippen molar-refractivity contribution in [1.82, 2.24) is 10.2 Å². The zero-order valence-corrected chi connectivity index (χ0v) is 21.9. The van der Waals surface area contributed by atoms with Crippen LogP contribution in [0, 0.1) is 0 Å². The van der Waals surface area contributed by atoms with Crippen molar-refractivity contribution < 1.29 is 14.3 Å². The molecule has 0 unspecified atom stereocenters. The Morgan fingerprint density at radius 2 is 1.77 bits per heavy atom. The van der Waals surface area contributed by atoms with E-state index in [-0.39, 0.29) is 27.4 Å². The number of thiocarbonyl (C=S) groups is 1. The van der Waals surface area contributed by atoms with Crippen LogP contribution in [0.5, 0.6) is 5.75 Å². The summed E-state index contributed by atoms with van der Waals surface area (Å²) in [6.07, 6.45) is 0. The number of nitrogens with one attached hydrogen (secondary N) is 2. The number of halogens is 2. The molecule has 0 spiro atoms. The lowest BCUT2D eigenvalue weighted by Gasteiger charge is -2.36. The number of piperazine rings is 1. The van der Waals surface area contributed by atoms with Gasteiger partial charge in [0, 0.05) is 42.6 Å². The van der Waals surface area contributed by atoms with Crippen molar-refractivity contribution in [3.8, 4) is 5.75 Å². The average Bonchev–Trinajstić information content (AvgIpc) is 3.39. The molecule has 2 heterocycles. The molecule has 1 fully saturated rings. The van der Waals surface area contributed by atoms with Crippen molar-refractivity contribution in [2.45, 2.75) is 0 Å². The summed E-state index contributed by atoms with van der Waals surface area (Å²) in [7, 11) is 1.42. The predicted molar refractivity (Wildman–Crippen MR) is 146 cm³/mol. The van der Waals surface area contributed by atoms with Gasteiger partial charge < -0.3 is 19.9 Å². The number of carbonyl (C=O) groups excluding carboxylic acids is 2. The van der Waals surface area contributed by atoms with Gasteiger partial charge in [-0.15, -0.1) is 11.3 Å². The Morgan fingerprint density at radius 3 is 2.40 bits per heavy atom. The molecular formula is C24H22Cl2N4O3S2. The number of rotatable bonds is 5. The molecule has 2 N–H and O–H groups in total. The number of benzene rings is 2. The molecule has 0 atom stereocenters. The number of hydrogen-bond donors (Lipinski definition) is 2. The molecular weight excluding hydrogens is 527 g/mol. The molecule has 0 saturated carbocycles. The van der Waals surface area contributed by atoms with Crippen LogP contribution in [0.15, 0.2) is 53.9 Å². The monoisotopic (exact) mass is 548 g/mol. The van der Waals surface area contributed by atoms with Gasteiger partial charge in [-0.1, -0.05) is 29.3 Å². The Bertz CT molecular complexity index is 1230. The summed E-state index contributed by atoms with van der Waals surface area (Å²) < 4.78 is 5.22. The first-order chi connectivity index (χ1) is 16.9. The molecule has 2 aromatic carbocycles. The minimum Gasteiger partial charge on any atom is -0.494 e. The highest BCUT2D eigenvalue weighted by Gasteiger charge is 2.23. The van der Waals surface area contributed by atoms with Crippen LogP contribution in [0.2, 0.25) is 10.0 Å². The van der Waals surface area contributed by atoms with Crippen molar-refractivity contribution in [2.24, 2.45) is 0 Å². The van der Waals surface area contributed by atoms with Gasteiger partial charge in [-0.3, -0.25) is 14.9 Å². The maximum atomic E-state index is 12.7. The first-order valence-corrected chi connectivity index (χ1v) is 12.7. The molecule has 0 radical (unpaired) electrons. The van der Waals surface area contributed by atoms with E-state index in [2.05, 4.69) is 15.5 Å². The van der Waals surface area contributed by atoms with Crippen LogP contribution in [0.4, 0.5) is 11.4 Å². The number of ether oxygens (including phenoxy) is 1. The Hall–Kier alpha value is -2.85. The van der Waals surface area contributed by atoms with Crippen molar-refractivity contribution in [1.29, 1.82) is 0 Å². The molecule has 182 valence electrons. The number of anilines is 2. The summed E-state index contributed by atoms with van der Waals surface area (Å²) in [5, 5.41) is 8.20. The Kier molecular flexibility index (Phi) is 8.12. The van der Waals surface area contributed by atoms with Gasteiger partial charge in [0.1, 0.15) is 5.75 Å². The molecule has 0 aliphatic carbocycles. The third-order valence-electron chi connectivity index (χ3n) is 5.47. The highest BCUT2D eigenvalue weighted by atomic mass is 35.5. The fourth-order valence-electron chi connectivity index (χ4n) is 3.75. The topological polar surface area (TPSA) is 73.9 Å². The van der Waals surface area contributed by atoms with Gasteiger partial charge in [0.15, 0.2) is 5.11 Å². The number of thiophene rings is 1. The van der Waals surface area contributed by atoms with E-state index in [0.717, 1.165) is 29.3 Å². The number of hydrogen-bond acceptors (Lipinski definition) is 6. The first-order valence-electron chi connectivity index (χ1n) is 10.7. The molecule has 0 bridgehead atoms. The zero-order chi connectivity index (χ0) is 24.9. The van der Waals surface area contributed by atoms with E-state index in [1.165, 1.54) is 30.6 Å². The zero-order valence-electron chi connectivity index (χ0n) is 18.7. The quantitative estimate of drug-likeness (QED) is 0.429. The molecule has 1 aromatic heterocycles.